The van der Waals surface area contributed by atoms with Gasteiger partial charge in [0.1, 0.15) is 5.75 Å². The Kier molecular flexibility index (Phi) is 4.86. The molecule has 1 aliphatic rings. The minimum atomic E-state index is 0.0267. The average Bonchev–Trinajstić information content (AvgIpc) is 3.35. The van der Waals surface area contributed by atoms with Crippen LogP contribution in [0.1, 0.15) is 23.5 Å². The molecule has 0 saturated heterocycles. The lowest BCUT2D eigenvalue weighted by atomic mass is 10.1. The van der Waals surface area contributed by atoms with Crippen molar-refractivity contribution in [2.45, 2.75) is 18.9 Å². The van der Waals surface area contributed by atoms with E-state index in [1.165, 1.54) is 5.56 Å². The highest BCUT2D eigenvalue weighted by Gasteiger charge is 2.45. The lowest BCUT2D eigenvalue weighted by molar-refractivity contribution is -0.117. The van der Waals surface area contributed by atoms with Gasteiger partial charge < -0.3 is 15.0 Å². The van der Waals surface area contributed by atoms with E-state index in [9.17, 15) is 4.79 Å². The zero-order valence-corrected chi connectivity index (χ0v) is 14.5. The number of ether oxygens (including phenoxy) is 1. The van der Waals surface area contributed by atoms with E-state index in [1.54, 1.807) is 7.11 Å². The molecule has 1 amide bonds. The number of hydrogen-bond acceptors (Lipinski definition) is 3. The Morgan fingerprint density at radius 3 is 2.75 bits per heavy atom. The van der Waals surface area contributed by atoms with E-state index < -0.39 is 0 Å². The van der Waals surface area contributed by atoms with Crippen molar-refractivity contribution in [3.8, 4) is 5.75 Å². The summed E-state index contributed by atoms with van der Waals surface area (Å²) in [4.78, 5) is 14.6. The summed E-state index contributed by atoms with van der Waals surface area (Å²) in [5.41, 5.74) is 3.18. The van der Waals surface area contributed by atoms with Crippen molar-refractivity contribution in [3.05, 3.63) is 59.7 Å². The van der Waals surface area contributed by atoms with Gasteiger partial charge in [0.05, 0.1) is 7.11 Å². The summed E-state index contributed by atoms with van der Waals surface area (Å²) in [6.07, 6.45) is 0.879. The van der Waals surface area contributed by atoms with Crippen molar-refractivity contribution < 1.29 is 9.53 Å². The third-order valence-corrected chi connectivity index (χ3v) is 4.36. The van der Waals surface area contributed by atoms with Gasteiger partial charge in [0.25, 0.3) is 0 Å². The summed E-state index contributed by atoms with van der Waals surface area (Å²) in [5, 5.41) is 3.06. The molecule has 2 aromatic carbocycles. The van der Waals surface area contributed by atoms with Crippen LogP contribution in [0.5, 0.6) is 5.75 Å². The van der Waals surface area contributed by atoms with Crippen LogP contribution < -0.4 is 10.1 Å². The largest absolute Gasteiger partial charge is 0.496 e. The summed E-state index contributed by atoms with van der Waals surface area (Å²) < 4.78 is 5.41. The van der Waals surface area contributed by atoms with E-state index in [1.807, 2.05) is 50.5 Å². The molecule has 1 fully saturated rings. The van der Waals surface area contributed by atoms with Crippen LogP contribution in [0.3, 0.4) is 0 Å². The first-order valence-electron chi connectivity index (χ1n) is 8.26. The predicted molar refractivity (Wildman–Crippen MR) is 96.3 cm³/mol. The van der Waals surface area contributed by atoms with Crippen molar-refractivity contribution in [3.63, 3.8) is 0 Å². The lowest BCUT2D eigenvalue weighted by Gasteiger charge is -2.12. The molecule has 126 valence electrons. The zero-order valence-electron chi connectivity index (χ0n) is 14.5. The lowest BCUT2D eigenvalue weighted by Crippen LogP contribution is -2.15. The summed E-state index contributed by atoms with van der Waals surface area (Å²) >= 11 is 0. The Bertz CT molecular complexity index is 727. The molecule has 3 rings (SSSR count). The third kappa shape index (κ3) is 3.77. The van der Waals surface area contributed by atoms with Crippen molar-refractivity contribution in [2.75, 3.05) is 26.5 Å². The van der Waals surface area contributed by atoms with Crippen LogP contribution in [-0.4, -0.2) is 32.0 Å². The van der Waals surface area contributed by atoms with Gasteiger partial charge in [0, 0.05) is 18.2 Å². The van der Waals surface area contributed by atoms with Crippen LogP contribution in [-0.2, 0) is 11.3 Å². The Morgan fingerprint density at radius 2 is 2.00 bits per heavy atom. The molecular formula is C20H24N2O2. The van der Waals surface area contributed by atoms with Gasteiger partial charge in [-0.1, -0.05) is 30.3 Å². The molecule has 0 aromatic heterocycles. The fourth-order valence-corrected chi connectivity index (χ4v) is 3.15. The average molecular weight is 324 g/mol. The van der Waals surface area contributed by atoms with E-state index in [-0.39, 0.29) is 17.7 Å². The number of carbonyl (C=O) groups is 1. The Balaban J connectivity index is 1.65. The molecule has 2 unspecified atom stereocenters. The third-order valence-electron chi connectivity index (χ3n) is 4.36. The molecule has 0 spiro atoms. The van der Waals surface area contributed by atoms with Crippen molar-refractivity contribution in [1.82, 2.24) is 4.90 Å². The normalized spacial score (nSPS) is 19.2. The smallest absolute Gasteiger partial charge is 0.228 e. The van der Waals surface area contributed by atoms with Crippen molar-refractivity contribution in [1.29, 1.82) is 0 Å². The summed E-state index contributed by atoms with van der Waals surface area (Å²) in [7, 11) is 5.74. The molecule has 0 radical (unpaired) electrons. The van der Waals surface area contributed by atoms with Gasteiger partial charge in [-0.15, -0.1) is 0 Å². The first-order valence-corrected chi connectivity index (χ1v) is 8.26. The maximum atomic E-state index is 12.5. The monoisotopic (exact) mass is 324 g/mol. The fraction of sp³-hybridized carbons (Fsp3) is 0.350. The van der Waals surface area contributed by atoms with E-state index in [0.29, 0.717) is 0 Å². The molecule has 4 heteroatoms. The Morgan fingerprint density at radius 1 is 1.21 bits per heavy atom. The molecular weight excluding hydrogens is 300 g/mol. The molecule has 0 aliphatic heterocycles. The minimum Gasteiger partial charge on any atom is -0.496 e. The SMILES string of the molecule is COc1ccccc1C1CC1C(=O)Nc1cccc(CN(C)C)c1. The highest BCUT2D eigenvalue weighted by molar-refractivity contribution is 5.95. The molecule has 2 atom stereocenters. The summed E-state index contributed by atoms with van der Waals surface area (Å²) in [6, 6.07) is 16.0. The minimum absolute atomic E-state index is 0.0267. The number of carbonyl (C=O) groups excluding carboxylic acids is 1. The second-order valence-corrected chi connectivity index (χ2v) is 6.62. The molecule has 4 nitrogen and oxygen atoms in total. The van der Waals surface area contributed by atoms with Crippen LogP contribution in [0.15, 0.2) is 48.5 Å². The molecule has 24 heavy (non-hydrogen) atoms. The van der Waals surface area contributed by atoms with Crippen molar-refractivity contribution in [2.24, 2.45) is 5.92 Å². The van der Waals surface area contributed by atoms with Crippen LogP contribution in [0, 0.1) is 5.92 Å². The van der Waals surface area contributed by atoms with Crippen LogP contribution in [0.2, 0.25) is 0 Å². The van der Waals surface area contributed by atoms with Gasteiger partial charge in [-0.3, -0.25) is 4.79 Å². The van der Waals surface area contributed by atoms with Gasteiger partial charge in [-0.2, -0.15) is 0 Å². The zero-order chi connectivity index (χ0) is 17.1. The van der Waals surface area contributed by atoms with Crippen LogP contribution in [0.4, 0.5) is 5.69 Å². The summed E-state index contributed by atoms with van der Waals surface area (Å²) in [6.45, 7) is 0.858. The van der Waals surface area contributed by atoms with Gasteiger partial charge in [0.2, 0.25) is 5.91 Å². The summed E-state index contributed by atoms with van der Waals surface area (Å²) in [5.74, 6) is 1.24. The topological polar surface area (TPSA) is 41.6 Å². The van der Waals surface area contributed by atoms with Gasteiger partial charge >= 0.3 is 0 Å². The van der Waals surface area contributed by atoms with E-state index in [4.69, 9.17) is 4.74 Å². The van der Waals surface area contributed by atoms with Gasteiger partial charge in [-0.05, 0) is 55.8 Å². The molecule has 1 aliphatic carbocycles. The quantitative estimate of drug-likeness (QED) is 0.884. The second kappa shape index (κ2) is 7.05. The highest BCUT2D eigenvalue weighted by atomic mass is 16.5. The van der Waals surface area contributed by atoms with E-state index in [2.05, 4.69) is 22.3 Å². The van der Waals surface area contributed by atoms with E-state index >= 15 is 0 Å². The molecule has 0 bridgehead atoms. The number of para-hydroxylation sites is 1. The number of amides is 1. The van der Waals surface area contributed by atoms with Crippen molar-refractivity contribution >= 4 is 11.6 Å². The van der Waals surface area contributed by atoms with Gasteiger partial charge in [-0.25, -0.2) is 0 Å². The predicted octanol–water partition coefficient (Wildman–Crippen LogP) is 3.50. The number of hydrogen-bond donors (Lipinski definition) is 1. The molecule has 0 heterocycles. The number of rotatable bonds is 6. The first kappa shape index (κ1) is 16.5. The number of methoxy groups -OCH3 is 1. The molecule has 1 N–H and O–H groups in total. The molecule has 2 aromatic rings. The van der Waals surface area contributed by atoms with Gasteiger partial charge in [0.15, 0.2) is 0 Å². The van der Waals surface area contributed by atoms with Crippen LogP contribution in [0.25, 0.3) is 0 Å². The first-order chi connectivity index (χ1) is 11.6. The Hall–Kier alpha value is -2.33. The number of benzene rings is 2. The fourth-order valence-electron chi connectivity index (χ4n) is 3.15. The second-order valence-electron chi connectivity index (χ2n) is 6.62. The molecule has 1 saturated carbocycles. The Labute approximate surface area is 143 Å². The number of nitrogens with one attached hydrogen (secondary N) is 1. The maximum absolute atomic E-state index is 12.5. The highest BCUT2D eigenvalue weighted by Crippen LogP contribution is 2.50. The maximum Gasteiger partial charge on any atom is 0.228 e. The van der Waals surface area contributed by atoms with Crippen LogP contribution >= 0.6 is 0 Å². The number of nitrogens with zero attached hydrogens (tertiary/aromatic N) is 1. The van der Waals surface area contributed by atoms with E-state index in [0.717, 1.165) is 30.0 Å². The number of anilines is 1. The standard InChI is InChI=1S/C20H24N2O2/c1-22(2)13-14-7-6-8-15(11-14)21-20(23)18-12-17(18)16-9-4-5-10-19(16)24-3/h4-11,17-18H,12-13H2,1-3H3,(H,21,23).